The van der Waals surface area contributed by atoms with Crippen molar-refractivity contribution in [3.05, 3.63) is 77.4 Å². The van der Waals surface area contributed by atoms with Crippen molar-refractivity contribution in [1.82, 2.24) is 30.8 Å². The van der Waals surface area contributed by atoms with Crippen LogP contribution in [-0.4, -0.2) is 41.9 Å². The SMILES string of the molecule is O=C(O)c1n[nH]nc1C1(c2cn[nH]n2)C=CC(c2ccccc2)=CC1. The Morgan fingerprint density at radius 3 is 2.60 bits per heavy atom. The number of nitrogens with one attached hydrogen (secondary N) is 2. The number of benzene rings is 1. The number of carboxylic acid groups (broad SMARTS) is 1. The van der Waals surface area contributed by atoms with Crippen molar-refractivity contribution in [3.63, 3.8) is 0 Å². The zero-order valence-electron chi connectivity index (χ0n) is 13.0. The van der Waals surface area contributed by atoms with Crippen LogP contribution in [0.5, 0.6) is 0 Å². The van der Waals surface area contributed by atoms with E-state index < -0.39 is 11.4 Å². The molecule has 4 rings (SSSR count). The van der Waals surface area contributed by atoms with Gasteiger partial charge in [-0.25, -0.2) is 4.79 Å². The second-order valence-electron chi connectivity index (χ2n) is 5.72. The van der Waals surface area contributed by atoms with E-state index in [1.54, 1.807) is 6.20 Å². The Kier molecular flexibility index (Phi) is 3.50. The Morgan fingerprint density at radius 1 is 1.12 bits per heavy atom. The molecule has 0 fully saturated rings. The third-order valence-corrected chi connectivity index (χ3v) is 4.34. The average Bonchev–Trinajstić information content (AvgIpc) is 3.35. The maximum atomic E-state index is 11.5. The lowest BCUT2D eigenvalue weighted by Crippen LogP contribution is -2.29. The molecule has 1 aliphatic rings. The summed E-state index contributed by atoms with van der Waals surface area (Å²) in [5.74, 6) is -1.14. The van der Waals surface area contributed by atoms with Crippen LogP contribution >= 0.6 is 0 Å². The van der Waals surface area contributed by atoms with Gasteiger partial charge >= 0.3 is 5.97 Å². The van der Waals surface area contributed by atoms with Gasteiger partial charge in [-0.2, -0.15) is 25.7 Å². The number of H-pyrrole nitrogens is 2. The Balaban J connectivity index is 1.81. The molecular weight excluding hydrogens is 320 g/mol. The first kappa shape index (κ1) is 15.0. The van der Waals surface area contributed by atoms with Gasteiger partial charge in [-0.15, -0.1) is 5.10 Å². The predicted molar refractivity (Wildman–Crippen MR) is 88.7 cm³/mol. The molecule has 1 unspecified atom stereocenters. The van der Waals surface area contributed by atoms with E-state index in [0.717, 1.165) is 11.1 Å². The molecule has 0 spiro atoms. The van der Waals surface area contributed by atoms with Crippen LogP contribution in [0, 0.1) is 0 Å². The van der Waals surface area contributed by atoms with E-state index in [-0.39, 0.29) is 5.69 Å². The molecule has 8 heteroatoms. The van der Waals surface area contributed by atoms with E-state index in [1.807, 2.05) is 48.6 Å². The molecule has 25 heavy (non-hydrogen) atoms. The summed E-state index contributed by atoms with van der Waals surface area (Å²) in [4.78, 5) is 11.5. The van der Waals surface area contributed by atoms with E-state index in [4.69, 9.17) is 0 Å². The topological polar surface area (TPSA) is 120 Å². The first-order valence-corrected chi connectivity index (χ1v) is 7.66. The summed E-state index contributed by atoms with van der Waals surface area (Å²) >= 11 is 0. The van der Waals surface area contributed by atoms with Crippen LogP contribution in [0.15, 0.2) is 54.8 Å². The monoisotopic (exact) mass is 334 g/mol. The Bertz CT molecular complexity index is 958. The molecule has 1 atom stereocenters. The van der Waals surface area contributed by atoms with Crippen molar-refractivity contribution in [2.24, 2.45) is 0 Å². The van der Waals surface area contributed by atoms with Crippen molar-refractivity contribution >= 4 is 11.5 Å². The fourth-order valence-electron chi connectivity index (χ4n) is 3.08. The van der Waals surface area contributed by atoms with Gasteiger partial charge in [0.05, 0.1) is 17.3 Å². The molecule has 0 saturated heterocycles. The van der Waals surface area contributed by atoms with Gasteiger partial charge in [0.15, 0.2) is 5.69 Å². The molecule has 1 aromatic carbocycles. The summed E-state index contributed by atoms with van der Waals surface area (Å²) in [5, 5.41) is 30.3. The molecular formula is C17H14N6O2. The van der Waals surface area contributed by atoms with Crippen molar-refractivity contribution in [2.75, 3.05) is 0 Å². The minimum Gasteiger partial charge on any atom is -0.476 e. The highest BCUT2D eigenvalue weighted by molar-refractivity contribution is 5.87. The molecule has 8 nitrogen and oxygen atoms in total. The van der Waals surface area contributed by atoms with E-state index in [2.05, 4.69) is 30.8 Å². The number of aromatic amines is 2. The first-order chi connectivity index (χ1) is 12.2. The highest BCUT2D eigenvalue weighted by atomic mass is 16.4. The van der Waals surface area contributed by atoms with Gasteiger partial charge in [-0.05, 0) is 17.6 Å². The highest BCUT2D eigenvalue weighted by Crippen LogP contribution is 2.40. The number of hydrogen-bond donors (Lipinski definition) is 3. The van der Waals surface area contributed by atoms with Crippen LogP contribution in [0.1, 0.15) is 33.9 Å². The molecule has 0 aliphatic heterocycles. The third-order valence-electron chi connectivity index (χ3n) is 4.34. The number of rotatable bonds is 4. The van der Waals surface area contributed by atoms with Gasteiger partial charge < -0.3 is 5.11 Å². The van der Waals surface area contributed by atoms with Crippen molar-refractivity contribution in [1.29, 1.82) is 0 Å². The number of carboxylic acids is 1. The van der Waals surface area contributed by atoms with Gasteiger partial charge in [0.1, 0.15) is 5.69 Å². The molecule has 0 radical (unpaired) electrons. The normalized spacial score (nSPS) is 19.6. The number of aromatic nitrogens is 6. The summed E-state index contributed by atoms with van der Waals surface area (Å²) in [5.41, 5.74) is 2.08. The smallest absolute Gasteiger partial charge is 0.358 e. The lowest BCUT2D eigenvalue weighted by atomic mass is 9.73. The maximum absolute atomic E-state index is 11.5. The third kappa shape index (κ3) is 2.44. The lowest BCUT2D eigenvalue weighted by molar-refractivity contribution is 0.0688. The van der Waals surface area contributed by atoms with E-state index >= 15 is 0 Å². The van der Waals surface area contributed by atoms with Crippen LogP contribution in [-0.2, 0) is 5.41 Å². The summed E-state index contributed by atoms with van der Waals surface area (Å²) in [6, 6.07) is 9.97. The number of hydrogen-bond acceptors (Lipinski definition) is 5. The molecule has 2 heterocycles. The fourth-order valence-corrected chi connectivity index (χ4v) is 3.08. The predicted octanol–water partition coefficient (Wildman–Crippen LogP) is 1.95. The number of nitrogens with zero attached hydrogens (tertiary/aromatic N) is 4. The van der Waals surface area contributed by atoms with Gasteiger partial charge in [0.2, 0.25) is 0 Å². The van der Waals surface area contributed by atoms with Crippen molar-refractivity contribution in [2.45, 2.75) is 11.8 Å². The quantitative estimate of drug-likeness (QED) is 0.670. The molecule has 0 saturated carbocycles. The van der Waals surface area contributed by atoms with Crippen LogP contribution < -0.4 is 0 Å². The zero-order chi connectivity index (χ0) is 17.3. The summed E-state index contributed by atoms with van der Waals surface area (Å²) in [7, 11) is 0. The summed E-state index contributed by atoms with van der Waals surface area (Å²) < 4.78 is 0. The van der Waals surface area contributed by atoms with E-state index in [0.29, 0.717) is 17.8 Å². The Morgan fingerprint density at radius 2 is 1.96 bits per heavy atom. The number of allylic oxidation sites excluding steroid dienone is 4. The summed E-state index contributed by atoms with van der Waals surface area (Å²) in [6.07, 6.45) is 7.98. The molecule has 3 aromatic rings. The van der Waals surface area contributed by atoms with Gasteiger partial charge in [0.25, 0.3) is 0 Å². The fraction of sp³-hybridized carbons (Fsp3) is 0.118. The highest BCUT2D eigenvalue weighted by Gasteiger charge is 2.41. The van der Waals surface area contributed by atoms with Crippen LogP contribution in [0.3, 0.4) is 0 Å². The van der Waals surface area contributed by atoms with Crippen LogP contribution in [0.4, 0.5) is 0 Å². The van der Waals surface area contributed by atoms with E-state index in [9.17, 15) is 9.90 Å². The van der Waals surface area contributed by atoms with E-state index in [1.165, 1.54) is 0 Å². The first-order valence-electron chi connectivity index (χ1n) is 7.66. The Hall–Kier alpha value is -3.55. The molecule has 124 valence electrons. The van der Waals surface area contributed by atoms with Crippen molar-refractivity contribution < 1.29 is 9.90 Å². The average molecular weight is 334 g/mol. The minimum absolute atomic E-state index is 0.121. The maximum Gasteiger partial charge on any atom is 0.358 e. The molecule has 0 amide bonds. The lowest BCUT2D eigenvalue weighted by Gasteiger charge is -2.28. The Labute approximate surface area is 142 Å². The van der Waals surface area contributed by atoms with Gasteiger partial charge in [-0.3, -0.25) is 0 Å². The number of carbonyl (C=O) groups is 1. The molecule has 3 N–H and O–H groups in total. The zero-order valence-corrected chi connectivity index (χ0v) is 13.0. The van der Waals surface area contributed by atoms with Gasteiger partial charge in [-0.1, -0.05) is 48.6 Å². The standard InChI is InChI=1S/C17H14N6O2/c24-16(25)14-15(21-23-20-14)17(13-10-18-22-19-13)8-6-12(7-9-17)11-4-2-1-3-5-11/h1-8,10H,9H2,(H,24,25)(H,18,19,22)(H,20,21,23). The van der Waals surface area contributed by atoms with Gasteiger partial charge in [0, 0.05) is 0 Å². The second-order valence-corrected chi connectivity index (χ2v) is 5.72. The second kappa shape index (κ2) is 5.82. The molecule has 2 aromatic heterocycles. The van der Waals surface area contributed by atoms with Crippen LogP contribution in [0.25, 0.3) is 5.57 Å². The molecule has 0 bridgehead atoms. The van der Waals surface area contributed by atoms with Crippen molar-refractivity contribution in [3.8, 4) is 0 Å². The largest absolute Gasteiger partial charge is 0.476 e. The summed E-state index contributed by atoms with van der Waals surface area (Å²) in [6.45, 7) is 0. The number of aromatic carboxylic acids is 1. The minimum atomic E-state index is -1.14. The molecule has 1 aliphatic carbocycles. The van der Waals surface area contributed by atoms with Crippen LogP contribution in [0.2, 0.25) is 0 Å².